The smallest absolute Gasteiger partial charge is 0.222 e. The second-order valence-electron chi connectivity index (χ2n) is 5.56. The lowest BCUT2D eigenvalue weighted by Gasteiger charge is -2.32. The Hall–Kier alpha value is -0.610. The Balaban J connectivity index is 1.71. The van der Waals surface area contributed by atoms with Crippen LogP contribution in [0, 0.1) is 0 Å². The van der Waals surface area contributed by atoms with Crippen LogP contribution in [0.2, 0.25) is 0 Å². The van der Waals surface area contributed by atoms with Gasteiger partial charge in [-0.15, -0.1) is 0 Å². The van der Waals surface area contributed by atoms with E-state index in [1.54, 1.807) is 0 Å². The number of rotatable bonds is 5. The molecule has 4 heteroatoms. The number of hydrogen-bond donors (Lipinski definition) is 1. The quantitative estimate of drug-likeness (QED) is 0.751. The molecule has 0 spiro atoms. The van der Waals surface area contributed by atoms with Crippen LogP contribution in [0.3, 0.4) is 0 Å². The first-order valence-electron chi connectivity index (χ1n) is 7.44. The van der Waals surface area contributed by atoms with Crippen LogP contribution in [-0.2, 0) is 4.79 Å². The summed E-state index contributed by atoms with van der Waals surface area (Å²) in [4.78, 5) is 16.6. The second kappa shape index (κ2) is 7.10. The zero-order chi connectivity index (χ0) is 12.8. The molecule has 0 aromatic heterocycles. The molecule has 18 heavy (non-hydrogen) atoms. The minimum Gasteiger partial charge on any atom is -0.396 e. The van der Waals surface area contributed by atoms with Gasteiger partial charge in [-0.05, 0) is 45.2 Å². The predicted molar refractivity (Wildman–Crippen MR) is 71.3 cm³/mol. The third-order valence-electron chi connectivity index (χ3n) is 4.22. The van der Waals surface area contributed by atoms with Gasteiger partial charge in [-0.2, -0.15) is 0 Å². The van der Waals surface area contributed by atoms with E-state index in [1.165, 1.54) is 32.4 Å². The summed E-state index contributed by atoms with van der Waals surface area (Å²) >= 11 is 0. The van der Waals surface area contributed by atoms with Gasteiger partial charge in [0.2, 0.25) is 5.91 Å². The van der Waals surface area contributed by atoms with Crippen LogP contribution < -0.4 is 0 Å². The van der Waals surface area contributed by atoms with Crippen molar-refractivity contribution in [3.05, 3.63) is 0 Å². The van der Waals surface area contributed by atoms with Gasteiger partial charge < -0.3 is 10.0 Å². The van der Waals surface area contributed by atoms with Crippen molar-refractivity contribution in [1.82, 2.24) is 9.80 Å². The van der Waals surface area contributed by atoms with Gasteiger partial charge in [0.25, 0.3) is 0 Å². The van der Waals surface area contributed by atoms with Crippen molar-refractivity contribution in [1.29, 1.82) is 0 Å². The van der Waals surface area contributed by atoms with Crippen molar-refractivity contribution in [2.75, 3.05) is 32.8 Å². The number of piperidine rings is 1. The van der Waals surface area contributed by atoms with Gasteiger partial charge in [0.05, 0.1) is 0 Å². The molecule has 0 aromatic rings. The molecular weight excluding hydrogens is 228 g/mol. The number of likely N-dealkylation sites (tertiary alicyclic amines) is 2. The summed E-state index contributed by atoms with van der Waals surface area (Å²) in [5.74, 6) is 0.281. The maximum Gasteiger partial charge on any atom is 0.222 e. The van der Waals surface area contributed by atoms with Crippen LogP contribution in [0.4, 0.5) is 0 Å². The molecule has 0 radical (unpaired) electrons. The molecule has 0 saturated carbocycles. The Kier molecular flexibility index (Phi) is 5.45. The third-order valence-corrected chi connectivity index (χ3v) is 4.22. The Morgan fingerprint density at radius 2 is 1.89 bits per heavy atom. The van der Waals surface area contributed by atoms with Gasteiger partial charge in [-0.1, -0.05) is 6.42 Å². The zero-order valence-corrected chi connectivity index (χ0v) is 11.3. The van der Waals surface area contributed by atoms with Gasteiger partial charge in [0.1, 0.15) is 0 Å². The van der Waals surface area contributed by atoms with Crippen molar-refractivity contribution < 1.29 is 9.90 Å². The fourth-order valence-electron chi connectivity index (χ4n) is 3.10. The molecule has 0 aliphatic carbocycles. The average molecular weight is 254 g/mol. The molecule has 1 atom stereocenters. The average Bonchev–Trinajstić information content (AvgIpc) is 2.89. The van der Waals surface area contributed by atoms with Crippen LogP contribution in [0.25, 0.3) is 0 Å². The van der Waals surface area contributed by atoms with Crippen LogP contribution >= 0.6 is 0 Å². The lowest BCUT2D eigenvalue weighted by molar-refractivity contribution is -0.130. The lowest BCUT2D eigenvalue weighted by atomic mass is 10.1. The minimum absolute atomic E-state index is 0.198. The van der Waals surface area contributed by atoms with Crippen LogP contribution in [0.15, 0.2) is 0 Å². The van der Waals surface area contributed by atoms with Crippen molar-refractivity contribution in [3.63, 3.8) is 0 Å². The summed E-state index contributed by atoms with van der Waals surface area (Å²) < 4.78 is 0. The fourth-order valence-corrected chi connectivity index (χ4v) is 3.10. The number of aliphatic hydroxyl groups excluding tert-OH is 1. The number of amides is 1. The molecule has 2 aliphatic heterocycles. The molecule has 2 heterocycles. The first kappa shape index (κ1) is 13.8. The normalized spacial score (nSPS) is 25.6. The summed E-state index contributed by atoms with van der Waals surface area (Å²) in [6, 6.07) is 0.604. The van der Waals surface area contributed by atoms with Crippen molar-refractivity contribution in [3.8, 4) is 0 Å². The number of hydrogen-bond acceptors (Lipinski definition) is 3. The number of unbranched alkanes of at least 4 members (excludes halogenated alkanes) is 1. The Bertz CT molecular complexity index is 265. The number of aliphatic hydroxyl groups is 1. The Morgan fingerprint density at radius 1 is 1.11 bits per heavy atom. The van der Waals surface area contributed by atoms with E-state index < -0.39 is 0 Å². The molecule has 4 nitrogen and oxygen atoms in total. The van der Waals surface area contributed by atoms with Crippen molar-refractivity contribution in [2.24, 2.45) is 0 Å². The standard InChI is InChI=1S/C14H26N2O2/c17-11-5-2-6-14(18)16-10-7-13(12-16)15-8-3-1-4-9-15/h13,17H,1-12H2. The van der Waals surface area contributed by atoms with E-state index in [2.05, 4.69) is 4.90 Å². The molecule has 2 aliphatic rings. The van der Waals surface area contributed by atoms with E-state index in [0.29, 0.717) is 12.5 Å². The highest BCUT2D eigenvalue weighted by atomic mass is 16.3. The maximum atomic E-state index is 12.0. The lowest BCUT2D eigenvalue weighted by Crippen LogP contribution is -2.41. The maximum absolute atomic E-state index is 12.0. The monoisotopic (exact) mass is 254 g/mol. The van der Waals surface area contributed by atoms with Crippen LogP contribution in [-0.4, -0.2) is 59.6 Å². The third kappa shape index (κ3) is 3.69. The molecule has 0 bridgehead atoms. The SMILES string of the molecule is O=C(CCCCO)N1CCC(N2CCCCC2)C1. The van der Waals surface area contributed by atoms with Gasteiger partial charge in [0.15, 0.2) is 0 Å². The second-order valence-corrected chi connectivity index (χ2v) is 5.56. The Morgan fingerprint density at radius 3 is 2.61 bits per heavy atom. The van der Waals surface area contributed by atoms with E-state index >= 15 is 0 Å². The van der Waals surface area contributed by atoms with E-state index in [1.807, 2.05) is 4.90 Å². The highest BCUT2D eigenvalue weighted by molar-refractivity contribution is 5.76. The molecule has 104 valence electrons. The van der Waals surface area contributed by atoms with E-state index in [-0.39, 0.29) is 12.5 Å². The molecule has 0 aromatic carbocycles. The highest BCUT2D eigenvalue weighted by Crippen LogP contribution is 2.20. The molecular formula is C14H26N2O2. The van der Waals surface area contributed by atoms with Crippen molar-refractivity contribution >= 4 is 5.91 Å². The topological polar surface area (TPSA) is 43.8 Å². The van der Waals surface area contributed by atoms with Crippen LogP contribution in [0.5, 0.6) is 0 Å². The number of carbonyl (C=O) groups excluding carboxylic acids is 1. The van der Waals surface area contributed by atoms with Crippen molar-refractivity contribution in [2.45, 2.75) is 51.0 Å². The van der Waals surface area contributed by atoms with E-state index in [4.69, 9.17) is 5.11 Å². The largest absolute Gasteiger partial charge is 0.396 e. The number of carbonyl (C=O) groups is 1. The summed E-state index contributed by atoms with van der Waals surface area (Å²) in [5, 5.41) is 8.73. The van der Waals surface area contributed by atoms with Gasteiger partial charge >= 0.3 is 0 Å². The molecule has 2 fully saturated rings. The summed E-state index contributed by atoms with van der Waals surface area (Å²) in [6.07, 6.45) is 7.32. The molecule has 2 rings (SSSR count). The molecule has 2 saturated heterocycles. The predicted octanol–water partition coefficient (Wildman–Crippen LogP) is 1.24. The minimum atomic E-state index is 0.198. The van der Waals surface area contributed by atoms with E-state index in [9.17, 15) is 4.79 Å². The van der Waals surface area contributed by atoms with Gasteiger partial charge in [0, 0.05) is 32.2 Å². The zero-order valence-electron chi connectivity index (χ0n) is 11.3. The number of nitrogens with zero attached hydrogens (tertiary/aromatic N) is 2. The van der Waals surface area contributed by atoms with Gasteiger partial charge in [-0.25, -0.2) is 0 Å². The van der Waals surface area contributed by atoms with Crippen LogP contribution in [0.1, 0.15) is 44.9 Å². The highest BCUT2D eigenvalue weighted by Gasteiger charge is 2.30. The molecule has 1 N–H and O–H groups in total. The first-order valence-corrected chi connectivity index (χ1v) is 7.44. The molecule has 1 unspecified atom stereocenters. The fraction of sp³-hybridized carbons (Fsp3) is 0.929. The summed E-state index contributed by atoms with van der Waals surface area (Å²) in [6.45, 7) is 4.50. The summed E-state index contributed by atoms with van der Waals surface area (Å²) in [5.41, 5.74) is 0. The van der Waals surface area contributed by atoms with E-state index in [0.717, 1.165) is 32.4 Å². The summed E-state index contributed by atoms with van der Waals surface area (Å²) in [7, 11) is 0. The molecule has 1 amide bonds. The Labute approximate surface area is 110 Å². The first-order chi connectivity index (χ1) is 8.81. The van der Waals surface area contributed by atoms with Gasteiger partial charge in [-0.3, -0.25) is 9.69 Å².